The Morgan fingerprint density at radius 2 is 1.94 bits per heavy atom. The average molecular weight is 298 g/mol. The minimum absolute atomic E-state index is 0.0534. The van der Waals surface area contributed by atoms with Gasteiger partial charge in [-0.1, -0.05) is 13.3 Å². The van der Waals surface area contributed by atoms with E-state index < -0.39 is 12.6 Å². The first-order valence-electron chi connectivity index (χ1n) is 4.71. The molecule has 0 saturated heterocycles. The summed E-state index contributed by atoms with van der Waals surface area (Å²) < 4.78 is 37.0. The van der Waals surface area contributed by atoms with Crippen LogP contribution in [0.25, 0.3) is 0 Å². The van der Waals surface area contributed by atoms with Crippen molar-refractivity contribution in [1.82, 2.24) is 9.97 Å². The van der Waals surface area contributed by atoms with Gasteiger partial charge in [0.2, 0.25) is 0 Å². The van der Waals surface area contributed by atoms with Crippen LogP contribution in [0.3, 0.4) is 0 Å². The van der Waals surface area contributed by atoms with Gasteiger partial charge in [0, 0.05) is 0 Å². The normalized spacial score (nSPS) is 11.8. The molecule has 16 heavy (non-hydrogen) atoms. The predicted octanol–water partition coefficient (Wildman–Crippen LogP) is 2.88. The van der Waals surface area contributed by atoms with Crippen LogP contribution in [-0.4, -0.2) is 16.1 Å². The van der Waals surface area contributed by atoms with Gasteiger partial charge in [0.15, 0.2) is 0 Å². The van der Waals surface area contributed by atoms with Gasteiger partial charge in [0.05, 0.1) is 10.2 Å². The maximum absolute atomic E-state index is 12.2. The van der Waals surface area contributed by atoms with Crippen molar-refractivity contribution in [2.75, 3.05) is 5.73 Å². The standard InChI is InChI=1S/C9H11BrF3N3/c1-2-3-5-7(10)8(14)16-6(15-5)4-9(11,12)13/h2-4H2,1H3,(H2,14,15,16). The molecule has 0 bridgehead atoms. The van der Waals surface area contributed by atoms with E-state index in [-0.39, 0.29) is 11.6 Å². The molecule has 1 rings (SSSR count). The monoisotopic (exact) mass is 297 g/mol. The van der Waals surface area contributed by atoms with Gasteiger partial charge in [0.25, 0.3) is 0 Å². The second kappa shape index (κ2) is 4.99. The third kappa shape index (κ3) is 3.62. The van der Waals surface area contributed by atoms with Crippen LogP contribution in [0.1, 0.15) is 24.9 Å². The van der Waals surface area contributed by atoms with Crippen LogP contribution in [-0.2, 0) is 12.8 Å². The molecule has 90 valence electrons. The van der Waals surface area contributed by atoms with Crippen LogP contribution in [0.5, 0.6) is 0 Å². The lowest BCUT2D eigenvalue weighted by atomic mass is 10.2. The first kappa shape index (κ1) is 13.2. The summed E-state index contributed by atoms with van der Waals surface area (Å²) in [6, 6.07) is 0. The molecule has 0 aromatic carbocycles. The Kier molecular flexibility index (Phi) is 4.12. The number of rotatable bonds is 3. The number of aryl methyl sites for hydroxylation is 1. The van der Waals surface area contributed by atoms with E-state index in [1.165, 1.54) is 0 Å². The lowest BCUT2D eigenvalue weighted by Gasteiger charge is -2.09. The van der Waals surface area contributed by atoms with E-state index in [2.05, 4.69) is 25.9 Å². The Morgan fingerprint density at radius 1 is 1.31 bits per heavy atom. The third-order valence-corrected chi connectivity index (χ3v) is 2.70. The van der Waals surface area contributed by atoms with Gasteiger partial charge in [-0.2, -0.15) is 13.2 Å². The number of alkyl halides is 3. The minimum Gasteiger partial charge on any atom is -0.383 e. The van der Waals surface area contributed by atoms with Crippen molar-refractivity contribution in [1.29, 1.82) is 0 Å². The molecule has 0 saturated carbocycles. The fraction of sp³-hybridized carbons (Fsp3) is 0.556. The van der Waals surface area contributed by atoms with Crippen LogP contribution >= 0.6 is 15.9 Å². The van der Waals surface area contributed by atoms with Gasteiger partial charge >= 0.3 is 6.18 Å². The largest absolute Gasteiger partial charge is 0.396 e. The summed E-state index contributed by atoms with van der Waals surface area (Å²) in [6.07, 6.45) is -4.12. The second-order valence-corrected chi connectivity index (χ2v) is 4.12. The molecule has 0 amide bonds. The van der Waals surface area contributed by atoms with Crippen molar-refractivity contribution < 1.29 is 13.2 Å². The SMILES string of the molecule is CCCc1nc(CC(F)(F)F)nc(N)c1Br. The molecule has 0 spiro atoms. The molecule has 0 aliphatic carbocycles. The van der Waals surface area contributed by atoms with E-state index in [9.17, 15) is 13.2 Å². The number of nitrogens with two attached hydrogens (primary N) is 1. The van der Waals surface area contributed by atoms with E-state index in [0.29, 0.717) is 16.6 Å². The summed E-state index contributed by atoms with van der Waals surface area (Å²) in [7, 11) is 0. The van der Waals surface area contributed by atoms with Gasteiger partial charge in [0.1, 0.15) is 18.1 Å². The average Bonchev–Trinajstić information content (AvgIpc) is 2.11. The van der Waals surface area contributed by atoms with Gasteiger partial charge in [-0.05, 0) is 22.4 Å². The highest BCUT2D eigenvalue weighted by atomic mass is 79.9. The van der Waals surface area contributed by atoms with Crippen LogP contribution in [0.15, 0.2) is 4.47 Å². The summed E-state index contributed by atoms with van der Waals surface area (Å²) in [5, 5.41) is 0. The zero-order valence-corrected chi connectivity index (χ0v) is 10.2. The number of nitrogens with zero attached hydrogens (tertiary/aromatic N) is 2. The van der Waals surface area contributed by atoms with E-state index in [0.717, 1.165) is 6.42 Å². The van der Waals surface area contributed by atoms with Crippen molar-refractivity contribution in [2.24, 2.45) is 0 Å². The number of hydrogen-bond donors (Lipinski definition) is 1. The molecular formula is C9H11BrF3N3. The summed E-state index contributed by atoms with van der Waals surface area (Å²) in [4.78, 5) is 7.45. The fourth-order valence-electron chi connectivity index (χ4n) is 1.23. The van der Waals surface area contributed by atoms with E-state index in [1.807, 2.05) is 6.92 Å². The lowest BCUT2D eigenvalue weighted by molar-refractivity contribution is -0.128. The molecule has 1 aromatic rings. The topological polar surface area (TPSA) is 51.8 Å². The zero-order valence-electron chi connectivity index (χ0n) is 8.60. The molecule has 1 heterocycles. The molecule has 0 fully saturated rings. The number of anilines is 1. The maximum atomic E-state index is 12.2. The van der Waals surface area contributed by atoms with E-state index >= 15 is 0 Å². The van der Waals surface area contributed by atoms with E-state index in [1.54, 1.807) is 0 Å². The van der Waals surface area contributed by atoms with Gasteiger partial charge in [-0.25, -0.2) is 9.97 Å². The highest BCUT2D eigenvalue weighted by Gasteiger charge is 2.30. The number of aromatic nitrogens is 2. The van der Waals surface area contributed by atoms with Gasteiger partial charge in [-0.15, -0.1) is 0 Å². The predicted molar refractivity (Wildman–Crippen MR) is 57.9 cm³/mol. The first-order valence-corrected chi connectivity index (χ1v) is 5.50. The van der Waals surface area contributed by atoms with Crippen LogP contribution in [0.4, 0.5) is 19.0 Å². The quantitative estimate of drug-likeness (QED) is 0.933. The van der Waals surface area contributed by atoms with Crippen molar-refractivity contribution in [2.45, 2.75) is 32.4 Å². The van der Waals surface area contributed by atoms with Crippen molar-refractivity contribution in [3.05, 3.63) is 16.0 Å². The summed E-state index contributed by atoms with van der Waals surface area (Å²) in [5.74, 6) is -0.227. The maximum Gasteiger partial charge on any atom is 0.396 e. The summed E-state index contributed by atoms with van der Waals surface area (Å²) >= 11 is 3.16. The van der Waals surface area contributed by atoms with Gasteiger partial charge < -0.3 is 5.73 Å². The molecule has 0 unspecified atom stereocenters. The minimum atomic E-state index is -4.32. The van der Waals surface area contributed by atoms with Crippen LogP contribution in [0, 0.1) is 0 Å². The van der Waals surface area contributed by atoms with Crippen molar-refractivity contribution >= 4 is 21.7 Å². The first-order chi connectivity index (χ1) is 7.33. The van der Waals surface area contributed by atoms with Crippen molar-refractivity contribution in [3.63, 3.8) is 0 Å². The molecule has 2 N–H and O–H groups in total. The molecule has 0 radical (unpaired) electrons. The Balaban J connectivity index is 3.04. The molecule has 7 heteroatoms. The number of nitrogen functional groups attached to an aromatic ring is 1. The Bertz CT molecular complexity index is 379. The molecule has 0 aliphatic heterocycles. The fourth-order valence-corrected chi connectivity index (χ4v) is 1.60. The summed E-state index contributed by atoms with van der Waals surface area (Å²) in [6.45, 7) is 1.91. The van der Waals surface area contributed by atoms with Crippen LogP contribution in [0.2, 0.25) is 0 Å². The lowest BCUT2D eigenvalue weighted by Crippen LogP contribution is -2.16. The van der Waals surface area contributed by atoms with Crippen molar-refractivity contribution in [3.8, 4) is 0 Å². The number of halogens is 4. The van der Waals surface area contributed by atoms with E-state index in [4.69, 9.17) is 5.73 Å². The Morgan fingerprint density at radius 3 is 2.44 bits per heavy atom. The molecule has 0 atom stereocenters. The highest BCUT2D eigenvalue weighted by Crippen LogP contribution is 2.25. The summed E-state index contributed by atoms with van der Waals surface area (Å²) in [5.41, 5.74) is 6.03. The highest BCUT2D eigenvalue weighted by molar-refractivity contribution is 9.10. The zero-order chi connectivity index (χ0) is 12.3. The molecule has 1 aromatic heterocycles. The molecule has 3 nitrogen and oxygen atoms in total. The number of hydrogen-bond acceptors (Lipinski definition) is 3. The molecular weight excluding hydrogens is 287 g/mol. The Hall–Kier alpha value is -0.850. The Labute approximate surface area is 99.4 Å². The third-order valence-electron chi connectivity index (χ3n) is 1.84. The second-order valence-electron chi connectivity index (χ2n) is 3.33. The molecule has 0 aliphatic rings. The van der Waals surface area contributed by atoms with Crippen LogP contribution < -0.4 is 5.73 Å². The van der Waals surface area contributed by atoms with Gasteiger partial charge in [-0.3, -0.25) is 0 Å². The smallest absolute Gasteiger partial charge is 0.383 e.